The topological polar surface area (TPSA) is 51.0 Å². The Bertz CT molecular complexity index is 758. The normalized spacial score (nSPS) is 11.8. The maximum absolute atomic E-state index is 5.49. The minimum atomic E-state index is 0. The minimum Gasteiger partial charge on any atom is -0.334 e. The van der Waals surface area contributed by atoms with Crippen molar-refractivity contribution in [2.45, 2.75) is 25.8 Å². The Morgan fingerprint density at radius 2 is 1.75 bits per heavy atom. The number of likely N-dealkylation sites (N-methyl/N-ethyl adjacent to an activating group) is 1. The van der Waals surface area contributed by atoms with Crippen molar-refractivity contribution in [2.75, 3.05) is 7.05 Å². The molecule has 4 nitrogen and oxygen atoms in total. The molecule has 0 amide bonds. The number of aromatic nitrogens is 2. The fourth-order valence-electron chi connectivity index (χ4n) is 2.52. The smallest absolute Gasteiger partial charge is 0.258 e. The van der Waals surface area contributed by atoms with Crippen molar-refractivity contribution in [3.05, 3.63) is 71.5 Å². The molecule has 0 aliphatic heterocycles. The van der Waals surface area contributed by atoms with E-state index in [9.17, 15) is 0 Å². The molecule has 1 aromatic heterocycles. The third-order valence-electron chi connectivity index (χ3n) is 3.93. The van der Waals surface area contributed by atoms with E-state index in [0.29, 0.717) is 11.9 Å². The van der Waals surface area contributed by atoms with Crippen molar-refractivity contribution in [2.24, 2.45) is 0 Å². The molecule has 0 aliphatic rings. The Labute approximate surface area is 148 Å². The van der Waals surface area contributed by atoms with Crippen LogP contribution in [0.15, 0.2) is 59.1 Å². The van der Waals surface area contributed by atoms with E-state index >= 15 is 0 Å². The van der Waals surface area contributed by atoms with Gasteiger partial charge in [0.25, 0.3) is 5.89 Å². The van der Waals surface area contributed by atoms with E-state index < -0.39 is 0 Å². The lowest BCUT2D eigenvalue weighted by Crippen LogP contribution is -2.24. The van der Waals surface area contributed by atoms with Crippen LogP contribution in [0.1, 0.15) is 23.9 Å². The molecule has 1 atom stereocenters. The van der Waals surface area contributed by atoms with Gasteiger partial charge < -0.3 is 9.84 Å². The van der Waals surface area contributed by atoms with Crippen LogP contribution in [0.5, 0.6) is 0 Å². The van der Waals surface area contributed by atoms with Crippen molar-refractivity contribution in [3.63, 3.8) is 0 Å². The SMILES string of the molecule is CNC(C)Cc1noc(-c2ccccc2Cc2ccccc2)n1.Cl. The molecule has 5 heteroatoms. The quantitative estimate of drug-likeness (QED) is 0.737. The summed E-state index contributed by atoms with van der Waals surface area (Å²) in [5.74, 6) is 1.33. The number of hydrogen-bond acceptors (Lipinski definition) is 4. The summed E-state index contributed by atoms with van der Waals surface area (Å²) in [6.07, 6.45) is 1.60. The molecule has 0 saturated carbocycles. The van der Waals surface area contributed by atoms with Gasteiger partial charge in [-0.2, -0.15) is 4.98 Å². The van der Waals surface area contributed by atoms with E-state index in [1.807, 2.05) is 31.3 Å². The lowest BCUT2D eigenvalue weighted by atomic mass is 10.00. The maximum atomic E-state index is 5.49. The van der Waals surface area contributed by atoms with Gasteiger partial charge in [0, 0.05) is 18.0 Å². The second-order valence-electron chi connectivity index (χ2n) is 5.73. The van der Waals surface area contributed by atoms with Gasteiger partial charge in [0.15, 0.2) is 5.82 Å². The molecule has 24 heavy (non-hydrogen) atoms. The van der Waals surface area contributed by atoms with E-state index in [4.69, 9.17) is 4.52 Å². The van der Waals surface area contributed by atoms with Crippen molar-refractivity contribution in [1.82, 2.24) is 15.5 Å². The number of halogens is 1. The number of nitrogens with one attached hydrogen (secondary N) is 1. The van der Waals surface area contributed by atoms with Crippen LogP contribution in [0.25, 0.3) is 11.5 Å². The van der Waals surface area contributed by atoms with Crippen LogP contribution >= 0.6 is 12.4 Å². The minimum absolute atomic E-state index is 0. The summed E-state index contributed by atoms with van der Waals surface area (Å²) in [5.41, 5.74) is 3.46. The fourth-order valence-corrected chi connectivity index (χ4v) is 2.52. The number of hydrogen-bond donors (Lipinski definition) is 1. The van der Waals surface area contributed by atoms with Gasteiger partial charge in [0.1, 0.15) is 0 Å². The Kier molecular flexibility index (Phi) is 6.53. The summed E-state index contributed by atoms with van der Waals surface area (Å²) in [5, 5.41) is 7.29. The Morgan fingerprint density at radius 1 is 1.04 bits per heavy atom. The van der Waals surface area contributed by atoms with Crippen LogP contribution in [0, 0.1) is 0 Å². The Balaban J connectivity index is 0.00000208. The second kappa shape index (κ2) is 8.62. The van der Waals surface area contributed by atoms with Crippen LogP contribution in [0.3, 0.4) is 0 Å². The molecule has 0 bridgehead atoms. The first-order valence-corrected chi connectivity index (χ1v) is 7.88. The first-order valence-electron chi connectivity index (χ1n) is 7.88. The second-order valence-corrected chi connectivity index (χ2v) is 5.73. The number of benzene rings is 2. The van der Waals surface area contributed by atoms with Gasteiger partial charge in [-0.25, -0.2) is 0 Å². The van der Waals surface area contributed by atoms with Crippen molar-refractivity contribution in [1.29, 1.82) is 0 Å². The number of nitrogens with zero attached hydrogens (tertiary/aromatic N) is 2. The summed E-state index contributed by atoms with van der Waals surface area (Å²) < 4.78 is 5.49. The van der Waals surface area contributed by atoms with Crippen LogP contribution in [0.4, 0.5) is 0 Å². The predicted octanol–water partition coefficient (Wildman–Crippen LogP) is 3.90. The lowest BCUT2D eigenvalue weighted by molar-refractivity contribution is 0.418. The van der Waals surface area contributed by atoms with Gasteiger partial charge in [-0.15, -0.1) is 12.4 Å². The first kappa shape index (κ1) is 18.2. The van der Waals surface area contributed by atoms with Gasteiger partial charge in [-0.05, 0) is 37.6 Å². The molecule has 2 aromatic carbocycles. The zero-order chi connectivity index (χ0) is 16.1. The third-order valence-corrected chi connectivity index (χ3v) is 3.93. The van der Waals surface area contributed by atoms with Crippen LogP contribution in [-0.2, 0) is 12.8 Å². The van der Waals surface area contributed by atoms with Gasteiger partial charge in [0.2, 0.25) is 0 Å². The highest BCUT2D eigenvalue weighted by Crippen LogP contribution is 2.24. The number of rotatable bonds is 6. The maximum Gasteiger partial charge on any atom is 0.258 e. The molecule has 0 radical (unpaired) electrons. The summed E-state index contributed by atoms with van der Waals surface area (Å²) >= 11 is 0. The lowest BCUT2D eigenvalue weighted by Gasteiger charge is -2.06. The highest BCUT2D eigenvalue weighted by atomic mass is 35.5. The third kappa shape index (κ3) is 4.43. The molecule has 1 heterocycles. The van der Waals surface area contributed by atoms with Crippen molar-refractivity contribution >= 4 is 12.4 Å². The van der Waals surface area contributed by atoms with Crippen molar-refractivity contribution in [3.8, 4) is 11.5 Å². The van der Waals surface area contributed by atoms with E-state index in [-0.39, 0.29) is 12.4 Å². The van der Waals surface area contributed by atoms with Gasteiger partial charge >= 0.3 is 0 Å². The van der Waals surface area contributed by atoms with Gasteiger partial charge in [0.05, 0.1) is 0 Å². The Morgan fingerprint density at radius 3 is 2.50 bits per heavy atom. The predicted molar refractivity (Wildman–Crippen MR) is 98.5 cm³/mol. The monoisotopic (exact) mass is 343 g/mol. The van der Waals surface area contributed by atoms with E-state index in [0.717, 1.165) is 24.2 Å². The van der Waals surface area contributed by atoms with Gasteiger partial charge in [-0.1, -0.05) is 53.7 Å². The molecule has 0 saturated heterocycles. The molecule has 0 aliphatic carbocycles. The molecule has 0 spiro atoms. The highest BCUT2D eigenvalue weighted by Gasteiger charge is 2.14. The summed E-state index contributed by atoms with van der Waals surface area (Å²) in [7, 11) is 1.93. The summed E-state index contributed by atoms with van der Waals surface area (Å²) in [6, 6.07) is 18.9. The molecular weight excluding hydrogens is 322 g/mol. The van der Waals surface area contributed by atoms with Crippen LogP contribution < -0.4 is 5.32 Å². The molecule has 126 valence electrons. The van der Waals surface area contributed by atoms with E-state index in [1.165, 1.54) is 11.1 Å². The molecular formula is C19H22ClN3O. The van der Waals surface area contributed by atoms with Crippen molar-refractivity contribution < 1.29 is 4.52 Å². The summed E-state index contributed by atoms with van der Waals surface area (Å²) in [4.78, 5) is 4.55. The molecule has 0 fully saturated rings. The van der Waals surface area contributed by atoms with Crippen LogP contribution in [0.2, 0.25) is 0 Å². The Hall–Kier alpha value is -2.17. The average molecular weight is 344 g/mol. The molecule has 3 aromatic rings. The zero-order valence-electron chi connectivity index (χ0n) is 13.9. The summed E-state index contributed by atoms with van der Waals surface area (Å²) in [6.45, 7) is 2.10. The molecule has 1 unspecified atom stereocenters. The molecule has 3 rings (SSSR count). The average Bonchev–Trinajstić information content (AvgIpc) is 3.04. The molecule has 1 N–H and O–H groups in total. The first-order chi connectivity index (χ1) is 11.3. The van der Waals surface area contributed by atoms with Crippen LogP contribution in [-0.4, -0.2) is 23.2 Å². The van der Waals surface area contributed by atoms with Gasteiger partial charge in [-0.3, -0.25) is 0 Å². The zero-order valence-corrected chi connectivity index (χ0v) is 14.7. The largest absolute Gasteiger partial charge is 0.334 e. The van der Waals surface area contributed by atoms with E-state index in [1.54, 1.807) is 0 Å². The highest BCUT2D eigenvalue weighted by molar-refractivity contribution is 5.85. The standard InChI is InChI=1S/C19H21N3O.ClH/c1-14(20-2)12-18-21-19(23-22-18)17-11-7-6-10-16(17)13-15-8-4-3-5-9-15;/h3-11,14,20H,12-13H2,1-2H3;1H. The fraction of sp³-hybridized carbons (Fsp3) is 0.263. The van der Waals surface area contributed by atoms with E-state index in [2.05, 4.69) is 52.7 Å².